The number of thiazole rings is 1. The van der Waals surface area contributed by atoms with Gasteiger partial charge in [-0.3, -0.25) is 9.69 Å². The van der Waals surface area contributed by atoms with Crippen molar-refractivity contribution in [3.05, 3.63) is 16.6 Å². The lowest BCUT2D eigenvalue weighted by atomic mass is 9.99. The van der Waals surface area contributed by atoms with Gasteiger partial charge < -0.3 is 11.1 Å². The molecule has 0 bridgehead atoms. The minimum atomic E-state index is -0.768. The largest absolute Gasteiger partial charge is 0.368 e. The number of carbonyl (C=O) groups is 1. The second kappa shape index (κ2) is 4.48. The Kier molecular flexibility index (Phi) is 3.22. The van der Waals surface area contributed by atoms with Gasteiger partial charge in [-0.25, -0.2) is 4.98 Å². The molecule has 0 aliphatic carbocycles. The van der Waals surface area contributed by atoms with Gasteiger partial charge in [-0.05, 0) is 6.92 Å². The number of hydrogen-bond donors (Lipinski definition) is 2. The highest BCUT2D eigenvalue weighted by atomic mass is 32.1. The summed E-state index contributed by atoms with van der Waals surface area (Å²) in [7, 11) is 0. The monoisotopic (exact) mass is 240 g/mol. The summed E-state index contributed by atoms with van der Waals surface area (Å²) in [4.78, 5) is 18.1. The second-order valence-electron chi connectivity index (χ2n) is 4.01. The van der Waals surface area contributed by atoms with E-state index in [1.165, 1.54) is 11.3 Å². The molecule has 0 saturated carbocycles. The van der Waals surface area contributed by atoms with Crippen LogP contribution in [0.3, 0.4) is 0 Å². The van der Waals surface area contributed by atoms with Crippen LogP contribution in [0.2, 0.25) is 0 Å². The number of rotatable bonds is 3. The molecule has 88 valence electrons. The first kappa shape index (κ1) is 11.5. The van der Waals surface area contributed by atoms with Gasteiger partial charge in [0.1, 0.15) is 10.5 Å². The van der Waals surface area contributed by atoms with E-state index in [0.717, 1.165) is 31.2 Å². The van der Waals surface area contributed by atoms with Gasteiger partial charge in [-0.2, -0.15) is 0 Å². The number of aromatic nitrogens is 1. The lowest BCUT2D eigenvalue weighted by Crippen LogP contribution is -2.58. The Labute approximate surface area is 98.7 Å². The Hall–Kier alpha value is -0.980. The molecule has 1 amide bonds. The molecule has 0 spiro atoms. The topological polar surface area (TPSA) is 71.2 Å². The van der Waals surface area contributed by atoms with Gasteiger partial charge in [0.05, 0.1) is 0 Å². The van der Waals surface area contributed by atoms with Crippen molar-refractivity contribution in [3.63, 3.8) is 0 Å². The molecule has 1 aliphatic heterocycles. The average Bonchev–Trinajstić information content (AvgIpc) is 2.82. The molecule has 1 fully saturated rings. The molecule has 0 aromatic carbocycles. The van der Waals surface area contributed by atoms with Crippen molar-refractivity contribution in [1.29, 1.82) is 0 Å². The Bertz CT molecular complexity index is 361. The minimum absolute atomic E-state index is 0.329. The van der Waals surface area contributed by atoms with Crippen molar-refractivity contribution in [1.82, 2.24) is 15.2 Å². The first-order chi connectivity index (χ1) is 7.65. The number of carbonyl (C=O) groups excluding carboxylic acids is 1. The molecule has 1 unspecified atom stereocenters. The second-order valence-corrected chi connectivity index (χ2v) is 4.91. The van der Waals surface area contributed by atoms with Crippen LogP contribution in [0.4, 0.5) is 0 Å². The minimum Gasteiger partial charge on any atom is -0.368 e. The zero-order valence-corrected chi connectivity index (χ0v) is 10.1. The van der Waals surface area contributed by atoms with E-state index < -0.39 is 5.54 Å². The summed E-state index contributed by atoms with van der Waals surface area (Å²) < 4.78 is 0. The van der Waals surface area contributed by atoms with Crippen LogP contribution in [0.25, 0.3) is 0 Å². The first-order valence-electron chi connectivity index (χ1n) is 5.31. The van der Waals surface area contributed by atoms with E-state index in [-0.39, 0.29) is 5.91 Å². The highest BCUT2D eigenvalue weighted by molar-refractivity contribution is 7.09. The lowest BCUT2D eigenvalue weighted by molar-refractivity contribution is -0.130. The molecule has 0 radical (unpaired) electrons. The number of nitrogens with two attached hydrogens (primary N) is 1. The number of nitrogens with zero attached hydrogens (tertiary/aromatic N) is 2. The fraction of sp³-hybridized carbons (Fsp3) is 0.600. The molecule has 1 atom stereocenters. The number of nitrogens with one attached hydrogen (secondary N) is 1. The van der Waals surface area contributed by atoms with E-state index in [0.29, 0.717) is 0 Å². The summed E-state index contributed by atoms with van der Waals surface area (Å²) in [5, 5.41) is 5.91. The molecule has 2 rings (SSSR count). The Morgan fingerprint density at radius 1 is 1.62 bits per heavy atom. The summed E-state index contributed by atoms with van der Waals surface area (Å²) in [6.45, 7) is 5.26. The van der Waals surface area contributed by atoms with Gasteiger partial charge >= 0.3 is 0 Å². The fourth-order valence-electron chi connectivity index (χ4n) is 1.97. The predicted molar refractivity (Wildman–Crippen MR) is 63.1 cm³/mol. The average molecular weight is 240 g/mol. The lowest BCUT2D eigenvalue weighted by Gasteiger charge is -2.39. The van der Waals surface area contributed by atoms with Crippen LogP contribution in [-0.4, -0.2) is 42.0 Å². The van der Waals surface area contributed by atoms with Crippen LogP contribution in [0, 0.1) is 0 Å². The Morgan fingerprint density at radius 3 is 2.81 bits per heavy atom. The van der Waals surface area contributed by atoms with E-state index in [1.54, 1.807) is 6.20 Å². The maximum Gasteiger partial charge on any atom is 0.244 e. The third kappa shape index (κ3) is 1.83. The molecule has 3 N–H and O–H groups in total. The normalized spacial score (nSPS) is 21.6. The quantitative estimate of drug-likeness (QED) is 0.764. The molecule has 16 heavy (non-hydrogen) atoms. The summed E-state index contributed by atoms with van der Waals surface area (Å²) in [5.41, 5.74) is 4.79. The molecule has 2 heterocycles. The number of amides is 1. The van der Waals surface area contributed by atoms with E-state index in [9.17, 15) is 4.79 Å². The summed E-state index contributed by atoms with van der Waals surface area (Å²) in [6.07, 6.45) is 1.71. The summed E-state index contributed by atoms with van der Waals surface area (Å²) >= 11 is 1.48. The maximum atomic E-state index is 11.7. The highest BCUT2D eigenvalue weighted by Crippen LogP contribution is 2.29. The molecule has 1 saturated heterocycles. The van der Waals surface area contributed by atoms with Gasteiger partial charge in [0.25, 0.3) is 0 Å². The third-order valence-electron chi connectivity index (χ3n) is 3.08. The molecular weight excluding hydrogens is 224 g/mol. The van der Waals surface area contributed by atoms with Gasteiger partial charge in [0.15, 0.2) is 0 Å². The first-order valence-corrected chi connectivity index (χ1v) is 6.19. The number of primary amides is 1. The number of hydrogen-bond acceptors (Lipinski definition) is 5. The van der Waals surface area contributed by atoms with Crippen molar-refractivity contribution in [2.45, 2.75) is 12.5 Å². The molecule has 6 heteroatoms. The Balaban J connectivity index is 2.31. The van der Waals surface area contributed by atoms with Crippen molar-refractivity contribution in [2.75, 3.05) is 26.2 Å². The van der Waals surface area contributed by atoms with Crippen LogP contribution in [0.15, 0.2) is 11.6 Å². The van der Waals surface area contributed by atoms with Gasteiger partial charge in [-0.1, -0.05) is 0 Å². The van der Waals surface area contributed by atoms with Crippen LogP contribution in [0.5, 0.6) is 0 Å². The van der Waals surface area contributed by atoms with E-state index in [2.05, 4.69) is 15.2 Å². The molecule has 5 nitrogen and oxygen atoms in total. The van der Waals surface area contributed by atoms with Crippen molar-refractivity contribution in [3.8, 4) is 0 Å². The van der Waals surface area contributed by atoms with Gasteiger partial charge in [0, 0.05) is 37.8 Å². The van der Waals surface area contributed by atoms with Crippen molar-refractivity contribution in [2.24, 2.45) is 5.73 Å². The number of piperazine rings is 1. The third-order valence-corrected chi connectivity index (χ3v) is 4.06. The van der Waals surface area contributed by atoms with Crippen LogP contribution >= 0.6 is 11.3 Å². The smallest absolute Gasteiger partial charge is 0.244 e. The molecule has 1 aliphatic rings. The fourth-order valence-corrected chi connectivity index (χ4v) is 2.80. The predicted octanol–water partition coefficient (Wildman–Crippen LogP) is -0.251. The summed E-state index contributed by atoms with van der Waals surface area (Å²) in [6, 6.07) is 0. The van der Waals surface area contributed by atoms with Crippen LogP contribution in [-0.2, 0) is 10.3 Å². The van der Waals surface area contributed by atoms with Gasteiger partial charge in [-0.15, -0.1) is 11.3 Å². The highest BCUT2D eigenvalue weighted by Gasteiger charge is 2.42. The Morgan fingerprint density at radius 2 is 2.31 bits per heavy atom. The summed E-state index contributed by atoms with van der Waals surface area (Å²) in [5.74, 6) is -0.329. The van der Waals surface area contributed by atoms with Crippen LogP contribution in [0.1, 0.15) is 11.9 Å². The van der Waals surface area contributed by atoms with Crippen molar-refractivity contribution >= 4 is 17.2 Å². The standard InChI is InChI=1S/C10H16N4OS/c1-10(8(11)15,9-13-4-7-16-9)14-5-2-12-3-6-14/h4,7,12H,2-3,5-6H2,1H3,(H2,11,15). The van der Waals surface area contributed by atoms with E-state index >= 15 is 0 Å². The molecular formula is C10H16N4OS. The van der Waals surface area contributed by atoms with Crippen LogP contribution < -0.4 is 11.1 Å². The zero-order valence-electron chi connectivity index (χ0n) is 9.27. The molecule has 1 aromatic rings. The zero-order chi connectivity index (χ0) is 11.6. The van der Waals surface area contributed by atoms with Gasteiger partial charge in [0.2, 0.25) is 5.91 Å². The SMILES string of the molecule is CC(C(N)=O)(c1nccs1)N1CCNCC1. The van der Waals surface area contributed by atoms with E-state index in [4.69, 9.17) is 5.73 Å². The molecule has 1 aromatic heterocycles. The van der Waals surface area contributed by atoms with E-state index in [1.807, 2.05) is 12.3 Å². The van der Waals surface area contributed by atoms with Crippen molar-refractivity contribution < 1.29 is 4.79 Å². The maximum absolute atomic E-state index is 11.7.